The van der Waals surface area contributed by atoms with Crippen molar-refractivity contribution in [3.05, 3.63) is 42.9 Å². The van der Waals surface area contributed by atoms with Crippen LogP contribution in [0, 0.1) is 0 Å². The summed E-state index contributed by atoms with van der Waals surface area (Å²) in [6.07, 6.45) is 5.42. The first-order valence-corrected chi connectivity index (χ1v) is 9.64. The van der Waals surface area contributed by atoms with E-state index in [4.69, 9.17) is 0 Å². The van der Waals surface area contributed by atoms with Crippen LogP contribution in [-0.2, 0) is 11.8 Å². The Labute approximate surface area is 170 Å². The number of rotatable bonds is 4. The van der Waals surface area contributed by atoms with Crippen molar-refractivity contribution < 1.29 is 4.79 Å². The van der Waals surface area contributed by atoms with Crippen molar-refractivity contribution in [2.75, 3.05) is 22.2 Å². The average molecular weight is 391 g/mol. The lowest BCUT2D eigenvalue weighted by molar-refractivity contribution is -0.119. The maximum absolute atomic E-state index is 12.6. The minimum absolute atomic E-state index is 0.0967. The molecule has 1 aliphatic heterocycles. The van der Waals surface area contributed by atoms with Gasteiger partial charge in [-0.25, -0.2) is 9.97 Å². The Balaban J connectivity index is 1.67. The standard InChI is InChI=1S/C21H25N7O/c1-13(2)28-14(3)20(29)27(5)18-7-6-16(10-19(18)28)24-21-22-9-8-17(25-21)15-11-23-26(4)12-15/h6-14H,1-5H3,(H,22,24,25)/t14-/m1/s1. The molecule has 1 amide bonds. The molecule has 0 unspecified atom stereocenters. The molecule has 3 heterocycles. The molecule has 0 radical (unpaired) electrons. The second kappa shape index (κ2) is 7.20. The van der Waals surface area contributed by atoms with Crippen LogP contribution in [0.5, 0.6) is 0 Å². The molecule has 2 aromatic heterocycles. The van der Waals surface area contributed by atoms with E-state index in [2.05, 4.69) is 45.2 Å². The third kappa shape index (κ3) is 3.41. The number of aromatic nitrogens is 4. The monoisotopic (exact) mass is 391 g/mol. The highest BCUT2D eigenvalue weighted by Crippen LogP contribution is 2.39. The lowest BCUT2D eigenvalue weighted by Gasteiger charge is -2.42. The van der Waals surface area contributed by atoms with Gasteiger partial charge in [0.25, 0.3) is 0 Å². The van der Waals surface area contributed by atoms with Crippen LogP contribution in [0.1, 0.15) is 20.8 Å². The normalized spacial score (nSPS) is 16.3. The number of nitrogens with zero attached hydrogens (tertiary/aromatic N) is 6. The SMILES string of the molecule is CC(C)N1c2cc(Nc3nccc(-c4cnn(C)c4)n3)ccc2N(C)C(=O)[C@H]1C. The van der Waals surface area contributed by atoms with Crippen molar-refractivity contribution in [3.8, 4) is 11.3 Å². The Morgan fingerprint density at radius 1 is 1.14 bits per heavy atom. The molecule has 0 fully saturated rings. The molecule has 8 nitrogen and oxygen atoms in total. The second-order valence-corrected chi connectivity index (χ2v) is 7.57. The molecule has 4 rings (SSSR count). The third-order valence-electron chi connectivity index (χ3n) is 5.19. The smallest absolute Gasteiger partial charge is 0.249 e. The van der Waals surface area contributed by atoms with Crippen molar-refractivity contribution in [2.45, 2.75) is 32.9 Å². The van der Waals surface area contributed by atoms with Crippen LogP contribution in [0.2, 0.25) is 0 Å². The van der Waals surface area contributed by atoms with Gasteiger partial charge in [0.2, 0.25) is 11.9 Å². The zero-order valence-electron chi connectivity index (χ0n) is 17.3. The summed E-state index contributed by atoms with van der Waals surface area (Å²) in [4.78, 5) is 25.4. The van der Waals surface area contributed by atoms with Gasteiger partial charge in [0.15, 0.2) is 0 Å². The number of anilines is 4. The van der Waals surface area contributed by atoms with E-state index in [0.717, 1.165) is 28.3 Å². The van der Waals surface area contributed by atoms with Crippen molar-refractivity contribution in [2.24, 2.45) is 7.05 Å². The van der Waals surface area contributed by atoms with Crippen LogP contribution in [0.15, 0.2) is 42.9 Å². The van der Waals surface area contributed by atoms with Crippen LogP contribution in [0.3, 0.4) is 0 Å². The number of amides is 1. The van der Waals surface area contributed by atoms with E-state index in [-0.39, 0.29) is 18.0 Å². The summed E-state index contributed by atoms with van der Waals surface area (Å²) in [5.74, 6) is 0.607. The Morgan fingerprint density at radius 3 is 2.62 bits per heavy atom. The molecule has 0 aliphatic carbocycles. The number of carbonyl (C=O) groups is 1. The third-order valence-corrected chi connectivity index (χ3v) is 5.19. The molecule has 0 bridgehead atoms. The van der Waals surface area contributed by atoms with Crippen molar-refractivity contribution in [3.63, 3.8) is 0 Å². The predicted molar refractivity (Wildman–Crippen MR) is 114 cm³/mol. The number of likely N-dealkylation sites (N-methyl/N-ethyl adjacent to an activating group) is 1. The predicted octanol–water partition coefficient (Wildman–Crippen LogP) is 3.20. The zero-order valence-corrected chi connectivity index (χ0v) is 17.3. The Kier molecular flexibility index (Phi) is 4.70. The van der Waals surface area contributed by atoms with Crippen molar-refractivity contribution in [1.82, 2.24) is 19.7 Å². The number of hydrogen-bond acceptors (Lipinski definition) is 6. The number of aryl methyl sites for hydroxylation is 1. The van der Waals surface area contributed by atoms with Gasteiger partial charge in [0, 0.05) is 43.8 Å². The van der Waals surface area contributed by atoms with E-state index in [1.807, 2.05) is 45.4 Å². The quantitative estimate of drug-likeness (QED) is 0.736. The largest absolute Gasteiger partial charge is 0.356 e. The Bertz CT molecular complexity index is 1060. The van der Waals surface area contributed by atoms with E-state index in [1.54, 1.807) is 22.0 Å². The molecular formula is C21H25N7O. The first kappa shape index (κ1) is 18.9. The molecule has 150 valence electrons. The highest BCUT2D eigenvalue weighted by atomic mass is 16.2. The van der Waals surface area contributed by atoms with E-state index in [1.165, 1.54) is 0 Å². The van der Waals surface area contributed by atoms with E-state index < -0.39 is 0 Å². The summed E-state index contributed by atoms with van der Waals surface area (Å²) in [6, 6.07) is 7.79. The Hall–Kier alpha value is -3.42. The zero-order chi connectivity index (χ0) is 20.7. The van der Waals surface area contributed by atoms with Gasteiger partial charge < -0.3 is 15.1 Å². The number of benzene rings is 1. The van der Waals surface area contributed by atoms with Crippen LogP contribution < -0.4 is 15.1 Å². The molecule has 1 aromatic carbocycles. The number of hydrogen-bond donors (Lipinski definition) is 1. The summed E-state index contributed by atoms with van der Waals surface area (Å²) in [6.45, 7) is 6.14. The van der Waals surface area contributed by atoms with Crippen LogP contribution >= 0.6 is 0 Å². The molecule has 29 heavy (non-hydrogen) atoms. The molecule has 0 spiro atoms. The van der Waals surface area contributed by atoms with Crippen LogP contribution in [0.25, 0.3) is 11.3 Å². The fraction of sp³-hybridized carbons (Fsp3) is 0.333. The lowest BCUT2D eigenvalue weighted by Crippen LogP contribution is -2.53. The molecule has 3 aromatic rings. The fourth-order valence-corrected chi connectivity index (χ4v) is 3.81. The maximum Gasteiger partial charge on any atom is 0.249 e. The molecule has 1 aliphatic rings. The van der Waals surface area contributed by atoms with Gasteiger partial charge in [-0.1, -0.05) is 0 Å². The first-order chi connectivity index (χ1) is 13.8. The average Bonchev–Trinajstić information content (AvgIpc) is 3.13. The second-order valence-electron chi connectivity index (χ2n) is 7.57. The number of carbonyl (C=O) groups excluding carboxylic acids is 1. The number of fused-ring (bicyclic) bond motifs is 1. The fourth-order valence-electron chi connectivity index (χ4n) is 3.81. The van der Waals surface area contributed by atoms with Gasteiger partial charge in [0.05, 0.1) is 23.3 Å². The molecule has 1 atom stereocenters. The van der Waals surface area contributed by atoms with Crippen molar-refractivity contribution in [1.29, 1.82) is 0 Å². The van der Waals surface area contributed by atoms with Gasteiger partial charge in [-0.15, -0.1) is 0 Å². The molecule has 1 N–H and O–H groups in total. The molecule has 8 heteroatoms. The lowest BCUT2D eigenvalue weighted by atomic mass is 10.0. The summed E-state index contributed by atoms with van der Waals surface area (Å²) in [5.41, 5.74) is 4.52. The summed E-state index contributed by atoms with van der Waals surface area (Å²) in [7, 11) is 3.70. The molecular weight excluding hydrogens is 366 g/mol. The highest BCUT2D eigenvalue weighted by molar-refractivity contribution is 6.05. The highest BCUT2D eigenvalue weighted by Gasteiger charge is 2.34. The number of nitrogens with one attached hydrogen (secondary N) is 1. The van der Waals surface area contributed by atoms with Gasteiger partial charge in [0.1, 0.15) is 6.04 Å². The Morgan fingerprint density at radius 2 is 1.93 bits per heavy atom. The van der Waals surface area contributed by atoms with Crippen LogP contribution in [-0.4, -0.2) is 44.8 Å². The van der Waals surface area contributed by atoms with Gasteiger partial charge >= 0.3 is 0 Å². The van der Waals surface area contributed by atoms with Crippen LogP contribution in [0.4, 0.5) is 23.0 Å². The summed E-state index contributed by atoms with van der Waals surface area (Å²) < 4.78 is 1.74. The van der Waals surface area contributed by atoms with E-state index in [0.29, 0.717) is 5.95 Å². The molecule has 0 saturated carbocycles. The molecule has 0 saturated heterocycles. The van der Waals surface area contributed by atoms with E-state index in [9.17, 15) is 4.79 Å². The maximum atomic E-state index is 12.6. The van der Waals surface area contributed by atoms with Gasteiger partial charge in [-0.2, -0.15) is 5.10 Å². The first-order valence-electron chi connectivity index (χ1n) is 9.64. The summed E-state index contributed by atoms with van der Waals surface area (Å²) >= 11 is 0. The minimum Gasteiger partial charge on any atom is -0.356 e. The van der Waals surface area contributed by atoms with Gasteiger partial charge in [-0.3, -0.25) is 9.48 Å². The summed E-state index contributed by atoms with van der Waals surface area (Å²) in [5, 5.41) is 7.49. The topological polar surface area (TPSA) is 79.2 Å². The van der Waals surface area contributed by atoms with Gasteiger partial charge in [-0.05, 0) is 45.0 Å². The van der Waals surface area contributed by atoms with Crippen molar-refractivity contribution >= 4 is 28.9 Å². The van der Waals surface area contributed by atoms with E-state index >= 15 is 0 Å². The minimum atomic E-state index is -0.215.